The monoisotopic (exact) mass is 373 g/mol. The molecular weight excluding hydrogens is 358 g/mol. The predicted octanol–water partition coefficient (Wildman–Crippen LogP) is 1.61. The molecule has 11 heteroatoms. The Hall–Kier alpha value is -2.72. The zero-order valence-electron chi connectivity index (χ0n) is 13.7. The molecule has 0 aliphatic carbocycles. The second-order valence-electron chi connectivity index (χ2n) is 6.02. The van der Waals surface area contributed by atoms with Gasteiger partial charge in [-0.05, 0) is 18.9 Å². The van der Waals surface area contributed by atoms with Crippen LogP contribution in [0.2, 0.25) is 0 Å². The van der Waals surface area contributed by atoms with Crippen LogP contribution in [0.1, 0.15) is 35.1 Å². The van der Waals surface area contributed by atoms with E-state index in [4.69, 9.17) is 0 Å². The Kier molecular flexibility index (Phi) is 4.55. The number of pyridine rings is 1. The molecule has 0 unspecified atom stereocenters. The Morgan fingerprint density at radius 1 is 1.23 bits per heavy atom. The van der Waals surface area contributed by atoms with Crippen molar-refractivity contribution in [3.8, 4) is 0 Å². The Morgan fingerprint density at radius 2 is 1.88 bits per heavy atom. The first-order valence-electron chi connectivity index (χ1n) is 7.81. The molecule has 1 amide bonds. The second-order valence-corrected chi connectivity index (χ2v) is 6.02. The lowest BCUT2D eigenvalue weighted by Crippen LogP contribution is -2.41. The molecule has 7 nitrogen and oxygen atoms in total. The van der Waals surface area contributed by atoms with Crippen LogP contribution in [0.25, 0.3) is 0 Å². The molecule has 0 spiro atoms. The highest BCUT2D eigenvalue weighted by atomic mass is 19.4. The number of carbonyl (C=O) groups excluding carboxylic acids is 1. The Labute approximate surface area is 144 Å². The third-order valence-electron chi connectivity index (χ3n) is 4.31. The molecule has 140 valence electrons. The number of halogens is 4. The minimum atomic E-state index is -4.72. The molecule has 2 aromatic heterocycles. The van der Waals surface area contributed by atoms with Crippen molar-refractivity contribution in [1.82, 2.24) is 24.2 Å². The van der Waals surface area contributed by atoms with Crippen molar-refractivity contribution in [1.29, 1.82) is 0 Å². The van der Waals surface area contributed by atoms with Crippen LogP contribution in [0.4, 0.5) is 17.6 Å². The van der Waals surface area contributed by atoms with Gasteiger partial charge in [0.2, 0.25) is 5.82 Å². The van der Waals surface area contributed by atoms with Crippen LogP contribution in [-0.4, -0.2) is 43.2 Å². The van der Waals surface area contributed by atoms with Crippen LogP contribution >= 0.6 is 0 Å². The van der Waals surface area contributed by atoms with Crippen molar-refractivity contribution in [2.45, 2.75) is 25.1 Å². The van der Waals surface area contributed by atoms with E-state index in [0.29, 0.717) is 4.57 Å². The summed E-state index contributed by atoms with van der Waals surface area (Å²) in [6, 6.07) is 0.528. The first kappa shape index (κ1) is 18.1. The number of aromatic nitrogens is 4. The molecule has 0 bridgehead atoms. The summed E-state index contributed by atoms with van der Waals surface area (Å²) >= 11 is 0. The van der Waals surface area contributed by atoms with Gasteiger partial charge >= 0.3 is 11.9 Å². The van der Waals surface area contributed by atoms with E-state index in [0.717, 1.165) is 24.0 Å². The van der Waals surface area contributed by atoms with Crippen LogP contribution in [0, 0.1) is 5.82 Å². The third-order valence-corrected chi connectivity index (χ3v) is 4.31. The molecule has 2 aromatic rings. The van der Waals surface area contributed by atoms with Gasteiger partial charge in [-0.15, -0.1) is 5.10 Å². The first-order valence-corrected chi connectivity index (χ1v) is 7.81. The Morgan fingerprint density at radius 3 is 2.42 bits per heavy atom. The topological polar surface area (TPSA) is 73.0 Å². The summed E-state index contributed by atoms with van der Waals surface area (Å²) in [4.78, 5) is 29.4. The fourth-order valence-electron chi connectivity index (χ4n) is 2.97. The zero-order chi connectivity index (χ0) is 19.1. The number of nitrogens with zero attached hydrogens (tertiary/aromatic N) is 5. The number of carbonyl (C=O) groups is 1. The van der Waals surface area contributed by atoms with Gasteiger partial charge in [0.25, 0.3) is 5.91 Å². The summed E-state index contributed by atoms with van der Waals surface area (Å²) in [7, 11) is 1.02. The first-order chi connectivity index (χ1) is 12.2. The van der Waals surface area contributed by atoms with Crippen molar-refractivity contribution in [3.63, 3.8) is 0 Å². The van der Waals surface area contributed by atoms with Crippen molar-refractivity contribution in [2.24, 2.45) is 7.05 Å². The number of hydrogen-bond donors (Lipinski definition) is 0. The lowest BCUT2D eigenvalue weighted by Gasteiger charge is -2.31. The summed E-state index contributed by atoms with van der Waals surface area (Å²) in [5, 5.41) is 3.42. The average Bonchev–Trinajstić information content (AvgIpc) is 2.90. The van der Waals surface area contributed by atoms with E-state index >= 15 is 0 Å². The van der Waals surface area contributed by atoms with E-state index < -0.39 is 35.5 Å². The molecule has 1 aliphatic rings. The minimum Gasteiger partial charge on any atom is -0.338 e. The SMILES string of the molecule is Cn1c(C(F)(F)F)nn(C2CCN(C(=O)c3cncc(F)c3)CC2)c1=O. The molecular formula is C15H15F4N5O2. The second kappa shape index (κ2) is 6.54. The number of rotatable bonds is 2. The molecule has 0 aromatic carbocycles. The molecule has 1 fully saturated rings. The summed E-state index contributed by atoms with van der Waals surface area (Å²) in [5.74, 6) is -2.31. The zero-order valence-corrected chi connectivity index (χ0v) is 13.7. The van der Waals surface area contributed by atoms with Gasteiger partial charge in [0, 0.05) is 26.3 Å². The van der Waals surface area contributed by atoms with Gasteiger partial charge in [-0.2, -0.15) is 13.2 Å². The number of hydrogen-bond acceptors (Lipinski definition) is 4. The van der Waals surface area contributed by atoms with E-state index in [1.54, 1.807) is 0 Å². The van der Waals surface area contributed by atoms with Gasteiger partial charge < -0.3 is 4.90 Å². The molecule has 0 atom stereocenters. The average molecular weight is 373 g/mol. The number of alkyl halides is 3. The number of likely N-dealkylation sites (tertiary alicyclic amines) is 1. The minimum absolute atomic E-state index is 0.0952. The summed E-state index contributed by atoms with van der Waals surface area (Å²) in [6.45, 7) is 0.425. The predicted molar refractivity (Wildman–Crippen MR) is 80.8 cm³/mol. The Bertz CT molecular complexity index is 881. The van der Waals surface area contributed by atoms with Gasteiger partial charge in [-0.25, -0.2) is 13.9 Å². The highest BCUT2D eigenvalue weighted by molar-refractivity contribution is 5.93. The number of piperidine rings is 1. The summed E-state index contributed by atoms with van der Waals surface area (Å²) < 4.78 is 53.1. The van der Waals surface area contributed by atoms with Crippen LogP contribution in [0.15, 0.2) is 23.3 Å². The molecule has 3 rings (SSSR count). The summed E-state index contributed by atoms with van der Waals surface area (Å²) in [6.07, 6.45) is -1.96. The molecule has 1 saturated heterocycles. The molecule has 0 radical (unpaired) electrons. The number of amides is 1. The van der Waals surface area contributed by atoms with E-state index in [1.165, 1.54) is 11.1 Å². The van der Waals surface area contributed by atoms with E-state index in [1.807, 2.05) is 0 Å². The van der Waals surface area contributed by atoms with Crippen LogP contribution in [0.5, 0.6) is 0 Å². The van der Waals surface area contributed by atoms with E-state index in [9.17, 15) is 27.2 Å². The van der Waals surface area contributed by atoms with Gasteiger partial charge in [-0.3, -0.25) is 14.3 Å². The van der Waals surface area contributed by atoms with Gasteiger partial charge in [0.05, 0.1) is 17.8 Å². The van der Waals surface area contributed by atoms with Crippen LogP contribution in [-0.2, 0) is 13.2 Å². The molecule has 1 aliphatic heterocycles. The van der Waals surface area contributed by atoms with Crippen LogP contribution in [0.3, 0.4) is 0 Å². The fourth-order valence-corrected chi connectivity index (χ4v) is 2.97. The highest BCUT2D eigenvalue weighted by Crippen LogP contribution is 2.28. The van der Waals surface area contributed by atoms with E-state index in [2.05, 4.69) is 10.1 Å². The molecule has 26 heavy (non-hydrogen) atoms. The van der Waals surface area contributed by atoms with Gasteiger partial charge in [0.15, 0.2) is 0 Å². The largest absolute Gasteiger partial charge is 0.451 e. The van der Waals surface area contributed by atoms with Crippen molar-refractivity contribution in [2.75, 3.05) is 13.1 Å². The van der Waals surface area contributed by atoms with Gasteiger partial charge in [-0.1, -0.05) is 0 Å². The van der Waals surface area contributed by atoms with Crippen molar-refractivity contribution >= 4 is 5.91 Å². The van der Waals surface area contributed by atoms with Crippen molar-refractivity contribution in [3.05, 3.63) is 46.1 Å². The Balaban J connectivity index is 1.73. The maximum absolute atomic E-state index is 13.2. The maximum atomic E-state index is 13.2. The fraction of sp³-hybridized carbons (Fsp3) is 0.467. The standard InChI is InChI=1S/C15H15F4N5O2/c1-22-13(15(17,18)19)21-24(14(22)26)11-2-4-23(5-3-11)12(25)9-6-10(16)8-20-7-9/h6-8,11H,2-5H2,1H3. The van der Waals surface area contributed by atoms with E-state index in [-0.39, 0.29) is 31.5 Å². The molecule has 0 N–H and O–H groups in total. The van der Waals surface area contributed by atoms with Crippen molar-refractivity contribution < 1.29 is 22.4 Å². The summed E-state index contributed by atoms with van der Waals surface area (Å²) in [5.41, 5.74) is -0.755. The lowest BCUT2D eigenvalue weighted by molar-refractivity contribution is -0.147. The molecule has 3 heterocycles. The van der Waals surface area contributed by atoms with Crippen LogP contribution < -0.4 is 5.69 Å². The maximum Gasteiger partial charge on any atom is 0.451 e. The molecule has 0 saturated carbocycles. The smallest absolute Gasteiger partial charge is 0.338 e. The van der Waals surface area contributed by atoms with Gasteiger partial charge in [0.1, 0.15) is 5.82 Å². The highest BCUT2D eigenvalue weighted by Gasteiger charge is 2.39. The third kappa shape index (κ3) is 3.33. The normalized spacial score (nSPS) is 16.1. The lowest BCUT2D eigenvalue weighted by atomic mass is 10.0. The quantitative estimate of drug-likeness (QED) is 0.750.